The fraction of sp³-hybridized carbons (Fsp3) is 0.300. The number of anilines is 2. The van der Waals surface area contributed by atoms with Gasteiger partial charge in [-0.1, -0.05) is 69.3 Å². The first-order chi connectivity index (χ1) is 17.9. The van der Waals surface area contributed by atoms with Gasteiger partial charge < -0.3 is 15.4 Å². The van der Waals surface area contributed by atoms with Gasteiger partial charge in [0.25, 0.3) is 0 Å². The smallest absolute Gasteiger partial charge is 0.407 e. The summed E-state index contributed by atoms with van der Waals surface area (Å²) in [6.45, 7) is 12.0. The number of hydrogen-bond donors (Lipinski definition) is 3. The Morgan fingerprint density at radius 1 is 0.868 bits per heavy atom. The summed E-state index contributed by atoms with van der Waals surface area (Å²) in [6.07, 6.45) is -0.466. The van der Waals surface area contributed by atoms with E-state index in [4.69, 9.17) is 9.84 Å². The predicted molar refractivity (Wildman–Crippen MR) is 152 cm³/mol. The number of carbonyl (C=O) groups excluding carboxylic acids is 2. The van der Waals surface area contributed by atoms with Crippen LogP contribution in [0.2, 0.25) is 0 Å². The maximum atomic E-state index is 13.1. The molecule has 3 N–H and O–H groups in total. The standard InChI is InChI=1S/C30H35N5O3/c1-29(2,3)25-18-26(33-27(36)32-24-13-9-11-21-10-7-8-12-23(21)24)35(34-25)22-16-14-20(15-17-22)19-31-28(37)38-30(4,5)6/h7-18H,19H2,1-6H3,(H,31,37)(H2,32,33,36). The third kappa shape index (κ3) is 6.70. The Morgan fingerprint density at radius 3 is 2.24 bits per heavy atom. The van der Waals surface area contributed by atoms with Crippen LogP contribution < -0.4 is 16.0 Å². The number of nitrogens with zero attached hydrogens (tertiary/aromatic N) is 2. The molecule has 3 aromatic carbocycles. The molecule has 0 aliphatic carbocycles. The normalized spacial score (nSPS) is 11.7. The minimum Gasteiger partial charge on any atom is -0.444 e. The number of rotatable bonds is 5. The lowest BCUT2D eigenvalue weighted by atomic mass is 9.92. The van der Waals surface area contributed by atoms with Gasteiger partial charge in [0.05, 0.1) is 17.1 Å². The molecule has 0 saturated carbocycles. The average Bonchev–Trinajstić information content (AvgIpc) is 3.26. The Morgan fingerprint density at radius 2 is 1.55 bits per heavy atom. The number of hydrogen-bond acceptors (Lipinski definition) is 4. The van der Waals surface area contributed by atoms with Gasteiger partial charge >= 0.3 is 12.1 Å². The van der Waals surface area contributed by atoms with E-state index in [2.05, 4.69) is 36.7 Å². The number of nitrogens with one attached hydrogen (secondary N) is 3. The van der Waals surface area contributed by atoms with E-state index in [-0.39, 0.29) is 11.4 Å². The molecule has 8 heteroatoms. The van der Waals surface area contributed by atoms with Gasteiger partial charge in [0.1, 0.15) is 11.4 Å². The highest BCUT2D eigenvalue weighted by molar-refractivity contribution is 6.06. The van der Waals surface area contributed by atoms with Crippen LogP contribution in [0.5, 0.6) is 0 Å². The second-order valence-corrected chi connectivity index (χ2v) is 11.2. The minimum absolute atomic E-state index is 0.217. The predicted octanol–water partition coefficient (Wildman–Crippen LogP) is 6.99. The highest BCUT2D eigenvalue weighted by atomic mass is 16.6. The molecule has 4 aromatic rings. The molecule has 0 radical (unpaired) electrons. The molecule has 0 atom stereocenters. The number of benzene rings is 3. The van der Waals surface area contributed by atoms with Crippen LogP contribution in [-0.2, 0) is 16.7 Å². The minimum atomic E-state index is -0.553. The van der Waals surface area contributed by atoms with Gasteiger partial charge in [-0.15, -0.1) is 0 Å². The third-order valence-electron chi connectivity index (χ3n) is 5.77. The fourth-order valence-electron chi connectivity index (χ4n) is 3.88. The zero-order valence-corrected chi connectivity index (χ0v) is 22.8. The van der Waals surface area contributed by atoms with Gasteiger partial charge in [-0.3, -0.25) is 5.32 Å². The van der Waals surface area contributed by atoms with E-state index in [1.54, 1.807) is 4.68 Å². The van der Waals surface area contributed by atoms with Gasteiger partial charge in [-0.2, -0.15) is 5.10 Å². The molecular formula is C30H35N5O3. The number of carbonyl (C=O) groups is 2. The molecular weight excluding hydrogens is 478 g/mol. The summed E-state index contributed by atoms with van der Waals surface area (Å²) < 4.78 is 7.01. The molecule has 0 spiro atoms. The van der Waals surface area contributed by atoms with Gasteiger partial charge in [-0.05, 0) is 49.9 Å². The van der Waals surface area contributed by atoms with Crippen LogP contribution in [0.25, 0.3) is 16.5 Å². The Bertz CT molecular complexity index is 1440. The van der Waals surface area contributed by atoms with E-state index in [0.29, 0.717) is 12.4 Å². The molecule has 4 rings (SSSR count). The zero-order valence-electron chi connectivity index (χ0n) is 22.8. The number of aromatic nitrogens is 2. The SMILES string of the molecule is CC(C)(C)OC(=O)NCc1ccc(-n2nc(C(C)(C)C)cc2NC(=O)Nc2cccc3ccccc23)cc1. The number of alkyl carbamates (subject to hydrolysis) is 1. The second-order valence-electron chi connectivity index (χ2n) is 11.2. The van der Waals surface area contributed by atoms with Crippen molar-refractivity contribution in [3.05, 3.63) is 84.1 Å². The number of amides is 3. The summed E-state index contributed by atoms with van der Waals surface area (Å²) in [6, 6.07) is 22.9. The molecule has 0 aliphatic rings. The van der Waals surface area contributed by atoms with Crippen LogP contribution in [0, 0.1) is 0 Å². The lowest BCUT2D eigenvalue weighted by molar-refractivity contribution is 0.0523. The van der Waals surface area contributed by atoms with E-state index in [9.17, 15) is 9.59 Å². The first-order valence-electron chi connectivity index (χ1n) is 12.6. The monoisotopic (exact) mass is 513 g/mol. The van der Waals surface area contributed by atoms with Gasteiger partial charge in [-0.25, -0.2) is 14.3 Å². The van der Waals surface area contributed by atoms with Crippen molar-refractivity contribution >= 4 is 34.4 Å². The summed E-state index contributed by atoms with van der Waals surface area (Å²) in [5, 5.41) is 15.5. The summed E-state index contributed by atoms with van der Waals surface area (Å²) in [7, 11) is 0. The van der Waals surface area contributed by atoms with Crippen molar-refractivity contribution in [1.29, 1.82) is 0 Å². The maximum Gasteiger partial charge on any atom is 0.407 e. The molecule has 8 nitrogen and oxygen atoms in total. The second kappa shape index (κ2) is 10.6. The van der Waals surface area contributed by atoms with Crippen molar-refractivity contribution in [2.24, 2.45) is 0 Å². The summed E-state index contributed by atoms with van der Waals surface area (Å²) in [4.78, 5) is 25.0. The molecule has 38 heavy (non-hydrogen) atoms. The van der Waals surface area contributed by atoms with Gasteiger partial charge in [0.2, 0.25) is 0 Å². The Labute approximate surface area is 223 Å². The van der Waals surface area contributed by atoms with Crippen LogP contribution in [0.3, 0.4) is 0 Å². The molecule has 0 bridgehead atoms. The number of urea groups is 1. The van der Waals surface area contributed by atoms with E-state index >= 15 is 0 Å². The number of fused-ring (bicyclic) bond motifs is 1. The summed E-state index contributed by atoms with van der Waals surface area (Å²) in [5.74, 6) is 0.548. The lowest BCUT2D eigenvalue weighted by Crippen LogP contribution is -2.32. The van der Waals surface area contributed by atoms with Crippen molar-refractivity contribution in [2.45, 2.75) is 59.1 Å². The molecule has 0 unspecified atom stereocenters. The number of ether oxygens (including phenoxy) is 1. The van der Waals surface area contributed by atoms with Crippen molar-refractivity contribution in [2.75, 3.05) is 10.6 Å². The summed E-state index contributed by atoms with van der Waals surface area (Å²) >= 11 is 0. The topological polar surface area (TPSA) is 97.3 Å². The Balaban J connectivity index is 1.53. The van der Waals surface area contributed by atoms with Crippen LogP contribution in [0.15, 0.2) is 72.8 Å². The van der Waals surface area contributed by atoms with Gasteiger partial charge in [0.15, 0.2) is 0 Å². The highest BCUT2D eigenvalue weighted by Gasteiger charge is 2.22. The van der Waals surface area contributed by atoms with Crippen LogP contribution in [0.4, 0.5) is 21.1 Å². The van der Waals surface area contributed by atoms with Gasteiger partial charge in [0, 0.05) is 23.4 Å². The molecule has 1 heterocycles. The van der Waals surface area contributed by atoms with E-state index in [1.165, 1.54) is 0 Å². The van der Waals surface area contributed by atoms with E-state index in [0.717, 1.165) is 33.4 Å². The van der Waals surface area contributed by atoms with Crippen molar-refractivity contribution in [1.82, 2.24) is 15.1 Å². The van der Waals surface area contributed by atoms with Crippen molar-refractivity contribution in [3.63, 3.8) is 0 Å². The fourth-order valence-corrected chi connectivity index (χ4v) is 3.88. The molecule has 0 aliphatic heterocycles. The first kappa shape index (κ1) is 26.7. The first-order valence-corrected chi connectivity index (χ1v) is 12.6. The maximum absolute atomic E-state index is 13.1. The van der Waals surface area contributed by atoms with Crippen LogP contribution >= 0.6 is 0 Å². The summed E-state index contributed by atoms with van der Waals surface area (Å²) in [5.41, 5.74) is 2.49. The van der Waals surface area contributed by atoms with Crippen LogP contribution in [-0.4, -0.2) is 27.5 Å². The molecule has 3 amide bonds. The Kier molecular flexibility index (Phi) is 7.44. The van der Waals surface area contributed by atoms with E-state index in [1.807, 2.05) is 93.6 Å². The zero-order chi connectivity index (χ0) is 27.5. The molecule has 1 aromatic heterocycles. The average molecular weight is 514 g/mol. The lowest BCUT2D eigenvalue weighted by Gasteiger charge is -2.19. The molecule has 0 fully saturated rings. The largest absolute Gasteiger partial charge is 0.444 e. The van der Waals surface area contributed by atoms with Crippen LogP contribution in [0.1, 0.15) is 52.8 Å². The van der Waals surface area contributed by atoms with E-state index < -0.39 is 11.7 Å². The van der Waals surface area contributed by atoms with Crippen molar-refractivity contribution < 1.29 is 14.3 Å². The molecule has 0 saturated heterocycles. The molecule has 198 valence electrons. The quantitative estimate of drug-likeness (QED) is 0.268. The Hall–Kier alpha value is -4.33. The highest BCUT2D eigenvalue weighted by Crippen LogP contribution is 2.27. The van der Waals surface area contributed by atoms with Crippen molar-refractivity contribution in [3.8, 4) is 5.69 Å². The third-order valence-corrected chi connectivity index (χ3v) is 5.77.